The lowest BCUT2D eigenvalue weighted by atomic mass is 9.84. The van der Waals surface area contributed by atoms with Crippen molar-refractivity contribution in [3.63, 3.8) is 0 Å². The van der Waals surface area contributed by atoms with Crippen LogP contribution in [0, 0.1) is 0 Å². The summed E-state index contributed by atoms with van der Waals surface area (Å²) >= 11 is 0. The topological polar surface area (TPSA) is 74.2 Å². The van der Waals surface area contributed by atoms with Gasteiger partial charge in [0, 0.05) is 6.61 Å². The molecule has 21 heavy (non-hydrogen) atoms. The van der Waals surface area contributed by atoms with E-state index in [2.05, 4.69) is 10.1 Å². The molecular weight excluding hydrogens is 287 g/mol. The number of aromatic nitrogens is 2. The van der Waals surface area contributed by atoms with Crippen LogP contribution < -0.4 is 5.73 Å². The average Bonchev–Trinajstić information content (AvgIpc) is 2.89. The summed E-state index contributed by atoms with van der Waals surface area (Å²) in [6.45, 7) is 3.08. The van der Waals surface area contributed by atoms with Crippen molar-refractivity contribution in [1.29, 1.82) is 0 Å². The van der Waals surface area contributed by atoms with E-state index in [1.165, 1.54) is 0 Å². The third-order valence-electron chi connectivity index (χ3n) is 3.95. The highest BCUT2D eigenvalue weighted by Gasteiger charge is 2.54. The van der Waals surface area contributed by atoms with Crippen molar-refractivity contribution in [3.05, 3.63) is 11.7 Å². The largest absolute Gasteiger partial charge is 0.415 e. The Labute approximate surface area is 121 Å². The van der Waals surface area contributed by atoms with Crippen LogP contribution in [0.3, 0.4) is 0 Å². The summed E-state index contributed by atoms with van der Waals surface area (Å²) in [4.78, 5) is 3.92. The van der Waals surface area contributed by atoms with Crippen LogP contribution in [0.5, 0.6) is 0 Å². The zero-order valence-corrected chi connectivity index (χ0v) is 12.2. The lowest BCUT2D eigenvalue weighted by Crippen LogP contribution is -2.48. The molecule has 8 heteroatoms. The van der Waals surface area contributed by atoms with Crippen molar-refractivity contribution < 1.29 is 22.4 Å². The van der Waals surface area contributed by atoms with Gasteiger partial charge in [0.15, 0.2) is 5.54 Å². The second-order valence-electron chi connectivity index (χ2n) is 5.61. The van der Waals surface area contributed by atoms with Crippen LogP contribution in [0.2, 0.25) is 0 Å². The standard InChI is InChI=1S/C13H20F3N3O2/c1-3-20-12(7-5-4-6-8-12)9-18-10(21-19-9)11(2,17)13(14,15)16/h3-8,17H2,1-2H3. The van der Waals surface area contributed by atoms with E-state index < -0.39 is 23.2 Å². The first-order valence-electron chi connectivity index (χ1n) is 7.07. The Balaban J connectivity index is 2.33. The van der Waals surface area contributed by atoms with E-state index >= 15 is 0 Å². The number of hydrogen-bond donors (Lipinski definition) is 1. The number of alkyl halides is 3. The summed E-state index contributed by atoms with van der Waals surface area (Å²) in [6.07, 6.45) is -0.412. The summed E-state index contributed by atoms with van der Waals surface area (Å²) in [7, 11) is 0. The summed E-state index contributed by atoms with van der Waals surface area (Å²) in [5, 5.41) is 3.72. The molecule has 1 saturated carbocycles. The zero-order valence-electron chi connectivity index (χ0n) is 12.2. The van der Waals surface area contributed by atoms with Crippen molar-refractivity contribution in [2.24, 2.45) is 5.73 Å². The van der Waals surface area contributed by atoms with Crippen molar-refractivity contribution in [2.75, 3.05) is 6.61 Å². The molecule has 0 amide bonds. The van der Waals surface area contributed by atoms with Gasteiger partial charge < -0.3 is 15.0 Å². The smallest absolute Gasteiger partial charge is 0.367 e. The second-order valence-corrected chi connectivity index (χ2v) is 5.61. The monoisotopic (exact) mass is 307 g/mol. The SMILES string of the molecule is CCOC1(c2noc(C(C)(N)C(F)(F)F)n2)CCCCC1. The van der Waals surface area contributed by atoms with E-state index in [0.717, 1.165) is 26.2 Å². The molecule has 1 aliphatic carbocycles. The molecule has 1 unspecified atom stereocenters. The van der Waals surface area contributed by atoms with Crippen molar-refractivity contribution in [2.45, 2.75) is 63.3 Å². The quantitative estimate of drug-likeness (QED) is 0.925. The van der Waals surface area contributed by atoms with Gasteiger partial charge in [0.25, 0.3) is 5.89 Å². The predicted molar refractivity (Wildman–Crippen MR) is 68.3 cm³/mol. The normalized spacial score (nSPS) is 22.0. The molecule has 2 N–H and O–H groups in total. The van der Waals surface area contributed by atoms with Crippen LogP contribution in [-0.2, 0) is 15.9 Å². The van der Waals surface area contributed by atoms with E-state index in [0.29, 0.717) is 19.4 Å². The maximum Gasteiger partial charge on any atom is 0.415 e. The highest BCUT2D eigenvalue weighted by molar-refractivity contribution is 5.09. The summed E-state index contributed by atoms with van der Waals surface area (Å²) in [5.41, 5.74) is 1.89. The number of ether oxygens (including phenoxy) is 1. The Morgan fingerprint density at radius 3 is 2.43 bits per heavy atom. The second kappa shape index (κ2) is 5.57. The minimum atomic E-state index is -4.66. The van der Waals surface area contributed by atoms with Gasteiger partial charge in [0.2, 0.25) is 5.82 Å². The molecule has 1 atom stereocenters. The molecule has 2 rings (SSSR count). The lowest BCUT2D eigenvalue weighted by Gasteiger charge is -2.34. The Morgan fingerprint density at radius 2 is 1.90 bits per heavy atom. The van der Waals surface area contributed by atoms with E-state index in [-0.39, 0.29) is 5.82 Å². The predicted octanol–water partition coefficient (Wildman–Crippen LogP) is 3.00. The molecule has 1 aromatic heterocycles. The maximum atomic E-state index is 12.9. The van der Waals surface area contributed by atoms with Crippen LogP contribution in [0.25, 0.3) is 0 Å². The minimum absolute atomic E-state index is 0.167. The highest BCUT2D eigenvalue weighted by Crippen LogP contribution is 2.41. The van der Waals surface area contributed by atoms with Gasteiger partial charge in [-0.2, -0.15) is 18.2 Å². The first-order valence-corrected chi connectivity index (χ1v) is 7.07. The average molecular weight is 307 g/mol. The van der Waals surface area contributed by atoms with Crippen LogP contribution in [0.15, 0.2) is 4.52 Å². The van der Waals surface area contributed by atoms with Gasteiger partial charge in [-0.3, -0.25) is 0 Å². The molecule has 120 valence electrons. The Morgan fingerprint density at radius 1 is 1.29 bits per heavy atom. The highest BCUT2D eigenvalue weighted by atomic mass is 19.4. The van der Waals surface area contributed by atoms with Gasteiger partial charge in [-0.15, -0.1) is 0 Å². The Hall–Kier alpha value is -1.15. The molecule has 0 spiro atoms. The number of halogens is 3. The molecule has 5 nitrogen and oxygen atoms in total. The van der Waals surface area contributed by atoms with E-state index in [1.807, 2.05) is 6.92 Å². The molecule has 1 aliphatic rings. The van der Waals surface area contributed by atoms with Crippen molar-refractivity contribution >= 4 is 0 Å². The Kier molecular flexibility index (Phi) is 4.30. The minimum Gasteiger partial charge on any atom is -0.367 e. The van der Waals surface area contributed by atoms with Gasteiger partial charge >= 0.3 is 6.18 Å². The molecule has 0 saturated heterocycles. The fourth-order valence-electron chi connectivity index (χ4n) is 2.57. The van der Waals surface area contributed by atoms with Gasteiger partial charge in [-0.25, -0.2) is 0 Å². The number of nitrogens with zero attached hydrogens (tertiary/aromatic N) is 2. The summed E-state index contributed by atoms with van der Waals surface area (Å²) in [5.74, 6) is -0.463. The molecule has 0 bridgehead atoms. The third-order valence-corrected chi connectivity index (χ3v) is 3.95. The van der Waals surface area contributed by atoms with Crippen molar-refractivity contribution in [3.8, 4) is 0 Å². The zero-order chi connectivity index (χ0) is 15.7. The number of nitrogens with two attached hydrogens (primary N) is 1. The van der Waals surface area contributed by atoms with E-state index in [4.69, 9.17) is 15.0 Å². The molecule has 1 aromatic rings. The molecule has 0 aliphatic heterocycles. The number of rotatable bonds is 4. The maximum absolute atomic E-state index is 12.9. The fourth-order valence-corrected chi connectivity index (χ4v) is 2.57. The van der Waals surface area contributed by atoms with Crippen LogP contribution >= 0.6 is 0 Å². The summed E-state index contributed by atoms with van der Waals surface area (Å²) in [6, 6.07) is 0. The molecular formula is C13H20F3N3O2. The first-order chi connectivity index (χ1) is 9.73. The number of hydrogen-bond acceptors (Lipinski definition) is 5. The molecule has 1 fully saturated rings. The van der Waals surface area contributed by atoms with Gasteiger partial charge in [0.1, 0.15) is 5.60 Å². The van der Waals surface area contributed by atoms with Crippen molar-refractivity contribution in [1.82, 2.24) is 10.1 Å². The van der Waals surface area contributed by atoms with Gasteiger partial charge in [-0.05, 0) is 26.7 Å². The third kappa shape index (κ3) is 2.91. The summed E-state index contributed by atoms with van der Waals surface area (Å²) < 4.78 is 49.3. The van der Waals surface area contributed by atoms with Gasteiger partial charge in [-0.1, -0.05) is 24.4 Å². The van der Waals surface area contributed by atoms with E-state index in [9.17, 15) is 13.2 Å². The van der Waals surface area contributed by atoms with Gasteiger partial charge in [0.05, 0.1) is 0 Å². The first kappa shape index (κ1) is 16.2. The molecule has 0 radical (unpaired) electrons. The van der Waals surface area contributed by atoms with Crippen LogP contribution in [-0.4, -0.2) is 22.9 Å². The fraction of sp³-hybridized carbons (Fsp3) is 0.846. The molecule has 0 aromatic carbocycles. The molecule has 1 heterocycles. The van der Waals surface area contributed by atoms with Crippen LogP contribution in [0.4, 0.5) is 13.2 Å². The lowest BCUT2D eigenvalue weighted by molar-refractivity contribution is -0.190. The van der Waals surface area contributed by atoms with E-state index in [1.54, 1.807) is 0 Å². The van der Waals surface area contributed by atoms with Crippen LogP contribution in [0.1, 0.15) is 57.7 Å². The Bertz CT molecular complexity index is 474.